The van der Waals surface area contributed by atoms with Crippen LogP contribution in [-0.2, 0) is 5.41 Å². The van der Waals surface area contributed by atoms with Gasteiger partial charge in [0.15, 0.2) is 0 Å². The van der Waals surface area contributed by atoms with Gasteiger partial charge in [-0.3, -0.25) is 4.79 Å². The van der Waals surface area contributed by atoms with E-state index in [1.807, 2.05) is 18.2 Å². The van der Waals surface area contributed by atoms with E-state index in [0.29, 0.717) is 5.39 Å². The number of benzene rings is 1. The Labute approximate surface area is 112 Å². The van der Waals surface area contributed by atoms with Crippen molar-refractivity contribution in [2.75, 3.05) is 0 Å². The third kappa shape index (κ3) is 1.87. The zero-order valence-electron chi connectivity index (χ0n) is 11.4. The van der Waals surface area contributed by atoms with Crippen LogP contribution in [0.15, 0.2) is 29.1 Å². The molecule has 0 atom stereocenters. The molecule has 3 rings (SSSR count). The van der Waals surface area contributed by atoms with Gasteiger partial charge in [0.05, 0.1) is 10.9 Å². The number of nitrogens with zero attached hydrogens (tertiary/aromatic N) is 1. The number of hydrogen-bond acceptors (Lipinski definition) is 3. The zero-order chi connectivity index (χ0) is 13.7. The quantitative estimate of drug-likeness (QED) is 0.865. The lowest BCUT2D eigenvalue weighted by molar-refractivity contribution is 0.106. The number of aromatic nitrogens is 2. The van der Waals surface area contributed by atoms with E-state index >= 15 is 0 Å². The third-order valence-corrected chi connectivity index (χ3v) is 4.28. The Morgan fingerprint density at radius 1 is 1.37 bits per heavy atom. The zero-order valence-corrected chi connectivity index (χ0v) is 11.4. The molecule has 3 N–H and O–H groups in total. The average molecular weight is 257 g/mol. The van der Waals surface area contributed by atoms with Crippen molar-refractivity contribution in [3.63, 3.8) is 0 Å². The van der Waals surface area contributed by atoms with Crippen LogP contribution >= 0.6 is 0 Å². The monoisotopic (exact) mass is 257 g/mol. The van der Waals surface area contributed by atoms with E-state index < -0.39 is 0 Å². The summed E-state index contributed by atoms with van der Waals surface area (Å²) >= 11 is 0. The first-order valence-electron chi connectivity index (χ1n) is 6.74. The van der Waals surface area contributed by atoms with E-state index in [1.54, 1.807) is 6.07 Å². The van der Waals surface area contributed by atoms with Crippen molar-refractivity contribution in [3.8, 4) is 0 Å². The lowest BCUT2D eigenvalue weighted by Crippen LogP contribution is -2.59. The molecule has 1 aliphatic rings. The molecular formula is C15H19N3O. The van der Waals surface area contributed by atoms with Crippen LogP contribution in [0.5, 0.6) is 0 Å². The van der Waals surface area contributed by atoms with Crippen molar-refractivity contribution in [1.82, 2.24) is 9.97 Å². The van der Waals surface area contributed by atoms with Crippen LogP contribution in [-0.4, -0.2) is 15.5 Å². The first kappa shape index (κ1) is 12.4. The summed E-state index contributed by atoms with van der Waals surface area (Å²) in [5.74, 6) is 0.793. The van der Waals surface area contributed by atoms with Crippen molar-refractivity contribution >= 4 is 10.9 Å². The SMILES string of the molecule is CCC1(c2nc3ccccc3c(=O)[nH]2)CC(C)(N)C1. The summed E-state index contributed by atoms with van der Waals surface area (Å²) < 4.78 is 0. The van der Waals surface area contributed by atoms with Crippen molar-refractivity contribution in [2.24, 2.45) is 5.73 Å². The van der Waals surface area contributed by atoms with E-state index in [0.717, 1.165) is 30.6 Å². The molecule has 0 unspecified atom stereocenters. The first-order valence-corrected chi connectivity index (χ1v) is 6.74. The molecule has 0 radical (unpaired) electrons. The molecule has 1 aliphatic carbocycles. The van der Waals surface area contributed by atoms with E-state index in [1.165, 1.54) is 0 Å². The first-order chi connectivity index (χ1) is 8.96. The van der Waals surface area contributed by atoms with Crippen molar-refractivity contribution in [3.05, 3.63) is 40.4 Å². The van der Waals surface area contributed by atoms with Gasteiger partial charge in [0.1, 0.15) is 5.82 Å². The Morgan fingerprint density at radius 3 is 2.68 bits per heavy atom. The Kier molecular flexibility index (Phi) is 2.54. The van der Waals surface area contributed by atoms with Crippen LogP contribution in [0.3, 0.4) is 0 Å². The molecule has 1 aromatic carbocycles. The second kappa shape index (κ2) is 3.90. The van der Waals surface area contributed by atoms with Gasteiger partial charge in [-0.25, -0.2) is 4.98 Å². The number of hydrogen-bond donors (Lipinski definition) is 2. The highest BCUT2D eigenvalue weighted by molar-refractivity contribution is 5.77. The summed E-state index contributed by atoms with van der Waals surface area (Å²) in [4.78, 5) is 19.8. The van der Waals surface area contributed by atoms with E-state index in [-0.39, 0.29) is 16.5 Å². The lowest BCUT2D eigenvalue weighted by Gasteiger charge is -2.51. The van der Waals surface area contributed by atoms with Crippen LogP contribution in [0.25, 0.3) is 10.9 Å². The van der Waals surface area contributed by atoms with E-state index in [4.69, 9.17) is 5.73 Å². The molecule has 0 bridgehead atoms. The molecular weight excluding hydrogens is 238 g/mol. The maximum absolute atomic E-state index is 12.1. The maximum Gasteiger partial charge on any atom is 0.258 e. The lowest BCUT2D eigenvalue weighted by atomic mass is 9.56. The van der Waals surface area contributed by atoms with Gasteiger partial charge in [-0.15, -0.1) is 0 Å². The summed E-state index contributed by atoms with van der Waals surface area (Å²) in [6, 6.07) is 7.45. The molecule has 0 aliphatic heterocycles. The maximum atomic E-state index is 12.1. The fourth-order valence-electron chi connectivity index (χ4n) is 3.42. The number of nitrogens with one attached hydrogen (secondary N) is 1. The van der Waals surface area contributed by atoms with Crippen LogP contribution in [0, 0.1) is 0 Å². The van der Waals surface area contributed by atoms with Crippen LogP contribution < -0.4 is 11.3 Å². The highest BCUT2D eigenvalue weighted by Crippen LogP contribution is 2.49. The van der Waals surface area contributed by atoms with Gasteiger partial charge in [-0.05, 0) is 38.3 Å². The summed E-state index contributed by atoms with van der Waals surface area (Å²) in [7, 11) is 0. The van der Waals surface area contributed by atoms with Gasteiger partial charge >= 0.3 is 0 Å². The normalized spacial score (nSPS) is 30.3. The summed E-state index contributed by atoms with van der Waals surface area (Å²) in [5.41, 5.74) is 6.65. The van der Waals surface area contributed by atoms with Crippen molar-refractivity contribution in [2.45, 2.75) is 44.1 Å². The number of fused-ring (bicyclic) bond motifs is 1. The molecule has 0 spiro atoms. The van der Waals surface area contributed by atoms with Crippen molar-refractivity contribution in [1.29, 1.82) is 0 Å². The smallest absolute Gasteiger partial charge is 0.258 e. The Balaban J connectivity index is 2.14. The second-order valence-corrected chi connectivity index (χ2v) is 6.07. The van der Waals surface area contributed by atoms with Crippen LogP contribution in [0.4, 0.5) is 0 Å². The predicted octanol–water partition coefficient (Wildman–Crippen LogP) is 2.08. The van der Waals surface area contributed by atoms with Gasteiger partial charge in [0.25, 0.3) is 5.56 Å². The number of H-pyrrole nitrogens is 1. The molecule has 1 fully saturated rings. The van der Waals surface area contributed by atoms with Gasteiger partial charge in [0, 0.05) is 11.0 Å². The predicted molar refractivity (Wildman–Crippen MR) is 76.2 cm³/mol. The topological polar surface area (TPSA) is 71.8 Å². The molecule has 4 heteroatoms. The fraction of sp³-hybridized carbons (Fsp3) is 0.467. The standard InChI is InChI=1S/C15H19N3O/c1-3-15(8-14(2,16)9-15)13-17-11-7-5-4-6-10(11)12(19)18-13/h4-7H,3,8-9,16H2,1-2H3,(H,17,18,19). The Morgan fingerprint density at radius 2 is 2.05 bits per heavy atom. The number of rotatable bonds is 2. The fourth-order valence-corrected chi connectivity index (χ4v) is 3.42. The van der Waals surface area contributed by atoms with Crippen molar-refractivity contribution < 1.29 is 0 Å². The Bertz CT molecular complexity index is 679. The summed E-state index contributed by atoms with van der Waals surface area (Å²) in [6.07, 6.45) is 2.69. The molecule has 4 nitrogen and oxygen atoms in total. The van der Waals surface area contributed by atoms with Crippen LogP contribution in [0.2, 0.25) is 0 Å². The summed E-state index contributed by atoms with van der Waals surface area (Å²) in [5, 5.41) is 0.646. The van der Waals surface area contributed by atoms with E-state index in [2.05, 4.69) is 23.8 Å². The summed E-state index contributed by atoms with van der Waals surface area (Å²) in [6.45, 7) is 4.19. The Hall–Kier alpha value is -1.68. The molecule has 2 aromatic rings. The largest absolute Gasteiger partial charge is 0.325 e. The van der Waals surface area contributed by atoms with E-state index in [9.17, 15) is 4.79 Å². The molecule has 0 amide bonds. The van der Waals surface area contributed by atoms with Gasteiger partial charge in [-0.2, -0.15) is 0 Å². The molecule has 1 saturated carbocycles. The minimum atomic E-state index is -0.139. The molecule has 1 heterocycles. The average Bonchev–Trinajstić information content (AvgIpc) is 2.35. The minimum absolute atomic E-state index is 0.0564. The molecule has 19 heavy (non-hydrogen) atoms. The number of para-hydroxylation sites is 1. The van der Waals surface area contributed by atoms with Gasteiger partial charge < -0.3 is 10.7 Å². The molecule has 0 saturated heterocycles. The van der Waals surface area contributed by atoms with Gasteiger partial charge in [-0.1, -0.05) is 19.1 Å². The highest BCUT2D eigenvalue weighted by Gasteiger charge is 2.51. The van der Waals surface area contributed by atoms with Gasteiger partial charge in [0.2, 0.25) is 0 Å². The number of aromatic amines is 1. The molecule has 1 aromatic heterocycles. The third-order valence-electron chi connectivity index (χ3n) is 4.28. The molecule has 100 valence electrons. The highest BCUT2D eigenvalue weighted by atomic mass is 16.1. The van der Waals surface area contributed by atoms with Crippen LogP contribution in [0.1, 0.15) is 38.9 Å². The number of nitrogens with two attached hydrogens (primary N) is 1. The second-order valence-electron chi connectivity index (χ2n) is 6.07. The minimum Gasteiger partial charge on any atom is -0.325 e.